The molecule has 1 aromatic rings. The first kappa shape index (κ1) is 7.16. The molecule has 0 spiro atoms. The van der Waals surface area contributed by atoms with E-state index in [0.717, 1.165) is 11.4 Å². The van der Waals surface area contributed by atoms with Crippen LogP contribution in [0.25, 0.3) is 0 Å². The Morgan fingerprint density at radius 2 is 2.27 bits per heavy atom. The summed E-state index contributed by atoms with van der Waals surface area (Å²) >= 11 is 1.41. The molecule has 1 heterocycles. The maximum Gasteiger partial charge on any atom is 0.164 e. The molecule has 0 aliphatic heterocycles. The number of nitrogens with zero attached hydrogens (tertiary/aromatic N) is 2. The smallest absolute Gasteiger partial charge is 0.164 e. The van der Waals surface area contributed by atoms with Gasteiger partial charge < -0.3 is 0 Å². The van der Waals surface area contributed by atoms with Gasteiger partial charge in [0, 0.05) is 0 Å². The number of hydrogen-bond acceptors (Lipinski definition) is 3. The first-order valence-electron chi connectivity index (χ1n) is 3.76. The second kappa shape index (κ2) is 2.24. The fourth-order valence-electron chi connectivity index (χ4n) is 0.901. The summed E-state index contributed by atoms with van der Waals surface area (Å²) in [5.41, 5.74) is -1.09. The number of halogens is 1. The highest BCUT2D eigenvalue weighted by Gasteiger charge is 2.48. The average molecular weight is 172 g/mol. The maximum atomic E-state index is 13.3. The lowest BCUT2D eigenvalue weighted by Crippen LogP contribution is -1.95. The highest BCUT2D eigenvalue weighted by Crippen LogP contribution is 2.50. The average Bonchev–Trinajstić information content (AvgIpc) is 2.61. The Hall–Kier alpha value is -0.510. The van der Waals surface area contributed by atoms with Gasteiger partial charge >= 0.3 is 0 Å². The van der Waals surface area contributed by atoms with E-state index in [4.69, 9.17) is 0 Å². The summed E-state index contributed by atoms with van der Waals surface area (Å²) in [5, 5.41) is 9.20. The molecule has 0 radical (unpaired) electrons. The third kappa shape index (κ3) is 1.15. The Morgan fingerprint density at radius 1 is 1.55 bits per heavy atom. The van der Waals surface area contributed by atoms with Gasteiger partial charge in [-0.2, -0.15) is 0 Å². The quantitative estimate of drug-likeness (QED) is 0.682. The molecule has 0 N–H and O–H groups in total. The van der Waals surface area contributed by atoms with Crippen LogP contribution in [-0.4, -0.2) is 10.2 Å². The highest BCUT2D eigenvalue weighted by atomic mass is 32.1. The zero-order valence-electron chi connectivity index (χ0n) is 6.30. The lowest BCUT2D eigenvalue weighted by molar-refractivity contribution is 0.314. The summed E-state index contributed by atoms with van der Waals surface area (Å²) in [6.45, 7) is 2.00. The van der Waals surface area contributed by atoms with Crippen molar-refractivity contribution >= 4 is 11.3 Å². The van der Waals surface area contributed by atoms with Crippen molar-refractivity contribution in [2.24, 2.45) is 0 Å². The maximum absolute atomic E-state index is 13.3. The van der Waals surface area contributed by atoms with Crippen LogP contribution < -0.4 is 0 Å². The van der Waals surface area contributed by atoms with Crippen LogP contribution in [0.5, 0.6) is 0 Å². The summed E-state index contributed by atoms with van der Waals surface area (Å²) in [6, 6.07) is 0. The van der Waals surface area contributed by atoms with Crippen molar-refractivity contribution in [3.8, 4) is 0 Å². The zero-order chi connectivity index (χ0) is 7.90. The van der Waals surface area contributed by atoms with Gasteiger partial charge in [-0.1, -0.05) is 18.3 Å². The fraction of sp³-hybridized carbons (Fsp3) is 0.714. The number of hydrogen-bond donors (Lipinski definition) is 0. The minimum Gasteiger partial charge on any atom is -0.236 e. The van der Waals surface area contributed by atoms with E-state index in [1.165, 1.54) is 11.3 Å². The van der Waals surface area contributed by atoms with Gasteiger partial charge in [0.1, 0.15) is 5.01 Å². The standard InChI is InChI=1S/C7H9FN2S/c1-2-5-9-10-6(11-5)7(8)3-4-7/h2-4H2,1H3. The number of rotatable bonds is 2. The molecular formula is C7H9FN2S. The minimum atomic E-state index is -1.09. The van der Waals surface area contributed by atoms with Gasteiger partial charge in [0.15, 0.2) is 10.7 Å². The molecule has 0 bridgehead atoms. The van der Waals surface area contributed by atoms with Gasteiger partial charge in [-0.3, -0.25) is 0 Å². The predicted molar refractivity (Wildman–Crippen MR) is 41.3 cm³/mol. The Kier molecular flexibility index (Phi) is 1.45. The van der Waals surface area contributed by atoms with Crippen LogP contribution in [0.2, 0.25) is 0 Å². The topological polar surface area (TPSA) is 25.8 Å². The second-order valence-corrected chi connectivity index (χ2v) is 3.88. The minimum absolute atomic E-state index is 0.578. The molecule has 1 aromatic heterocycles. The van der Waals surface area contributed by atoms with Crippen LogP contribution in [0.1, 0.15) is 29.8 Å². The molecule has 11 heavy (non-hydrogen) atoms. The molecule has 1 saturated carbocycles. The van der Waals surface area contributed by atoms with E-state index >= 15 is 0 Å². The van der Waals surface area contributed by atoms with Crippen molar-refractivity contribution in [2.75, 3.05) is 0 Å². The van der Waals surface area contributed by atoms with Crippen molar-refractivity contribution in [3.63, 3.8) is 0 Å². The van der Waals surface area contributed by atoms with Crippen LogP contribution in [0.15, 0.2) is 0 Å². The van der Waals surface area contributed by atoms with E-state index in [-0.39, 0.29) is 0 Å². The zero-order valence-corrected chi connectivity index (χ0v) is 7.12. The number of alkyl halides is 1. The first-order valence-corrected chi connectivity index (χ1v) is 4.58. The molecule has 60 valence electrons. The molecule has 0 unspecified atom stereocenters. The highest BCUT2D eigenvalue weighted by molar-refractivity contribution is 7.11. The third-order valence-electron chi connectivity index (χ3n) is 1.84. The molecule has 0 amide bonds. The number of aromatic nitrogens is 2. The van der Waals surface area contributed by atoms with E-state index in [1.807, 2.05) is 6.92 Å². The van der Waals surface area contributed by atoms with E-state index in [0.29, 0.717) is 17.8 Å². The predicted octanol–water partition coefficient (Wildman–Crippen LogP) is 2.06. The summed E-state index contributed by atoms with van der Waals surface area (Å²) in [7, 11) is 0. The van der Waals surface area contributed by atoms with Gasteiger partial charge in [0.05, 0.1) is 0 Å². The molecular weight excluding hydrogens is 163 g/mol. The lowest BCUT2D eigenvalue weighted by atomic mass is 10.4. The van der Waals surface area contributed by atoms with Gasteiger partial charge in [0.2, 0.25) is 0 Å². The lowest BCUT2D eigenvalue weighted by Gasteiger charge is -1.93. The normalized spacial score (nSPS) is 20.2. The van der Waals surface area contributed by atoms with Crippen molar-refractivity contribution in [3.05, 3.63) is 10.0 Å². The summed E-state index contributed by atoms with van der Waals surface area (Å²) in [6.07, 6.45) is 2.12. The van der Waals surface area contributed by atoms with E-state index < -0.39 is 5.67 Å². The Bertz CT molecular complexity index is 267. The summed E-state index contributed by atoms with van der Waals surface area (Å²) < 4.78 is 13.3. The molecule has 1 aliphatic carbocycles. The van der Waals surface area contributed by atoms with Crippen LogP contribution in [0.3, 0.4) is 0 Å². The Balaban J connectivity index is 2.25. The molecule has 1 aliphatic rings. The van der Waals surface area contributed by atoms with Crippen LogP contribution in [0, 0.1) is 0 Å². The van der Waals surface area contributed by atoms with Crippen molar-refractivity contribution < 1.29 is 4.39 Å². The Morgan fingerprint density at radius 3 is 2.73 bits per heavy atom. The SMILES string of the molecule is CCc1nnc(C2(F)CC2)s1. The summed E-state index contributed by atoms with van der Waals surface area (Å²) in [4.78, 5) is 0. The third-order valence-corrected chi connectivity index (χ3v) is 3.09. The Labute approximate surface area is 68.5 Å². The molecule has 1 fully saturated rings. The largest absolute Gasteiger partial charge is 0.236 e. The van der Waals surface area contributed by atoms with Gasteiger partial charge in [0.25, 0.3) is 0 Å². The number of aryl methyl sites for hydroxylation is 1. The summed E-state index contributed by atoms with van der Waals surface area (Å²) in [5.74, 6) is 0. The van der Waals surface area contributed by atoms with Crippen LogP contribution >= 0.6 is 11.3 Å². The first-order chi connectivity index (χ1) is 5.24. The van der Waals surface area contributed by atoms with Gasteiger partial charge in [-0.15, -0.1) is 10.2 Å². The van der Waals surface area contributed by atoms with Gasteiger partial charge in [-0.25, -0.2) is 4.39 Å². The molecule has 0 aromatic carbocycles. The molecule has 0 atom stereocenters. The van der Waals surface area contributed by atoms with E-state index in [9.17, 15) is 4.39 Å². The van der Waals surface area contributed by atoms with Crippen molar-refractivity contribution in [1.82, 2.24) is 10.2 Å². The van der Waals surface area contributed by atoms with Crippen molar-refractivity contribution in [2.45, 2.75) is 31.9 Å². The molecule has 2 nitrogen and oxygen atoms in total. The van der Waals surface area contributed by atoms with E-state index in [1.54, 1.807) is 0 Å². The molecule has 2 rings (SSSR count). The molecule has 0 saturated heterocycles. The fourth-order valence-corrected chi connectivity index (χ4v) is 1.82. The molecule has 4 heteroatoms. The van der Waals surface area contributed by atoms with Crippen LogP contribution in [-0.2, 0) is 12.1 Å². The van der Waals surface area contributed by atoms with Gasteiger partial charge in [-0.05, 0) is 19.3 Å². The van der Waals surface area contributed by atoms with E-state index in [2.05, 4.69) is 10.2 Å². The van der Waals surface area contributed by atoms with Crippen molar-refractivity contribution in [1.29, 1.82) is 0 Å². The monoisotopic (exact) mass is 172 g/mol. The second-order valence-electron chi connectivity index (χ2n) is 2.82. The van der Waals surface area contributed by atoms with Crippen LogP contribution in [0.4, 0.5) is 4.39 Å².